The minimum atomic E-state index is -1.20. The van der Waals surface area contributed by atoms with Crippen LogP contribution in [0.1, 0.15) is 44.9 Å². The molecule has 30 heavy (non-hydrogen) atoms. The molecule has 0 aliphatic rings. The topological polar surface area (TPSA) is 96.3 Å². The summed E-state index contributed by atoms with van der Waals surface area (Å²) in [5.41, 5.74) is 2.01. The third-order valence-electron chi connectivity index (χ3n) is 4.35. The lowest BCUT2D eigenvalue weighted by Gasteiger charge is -2.18. The molecule has 1 unspecified atom stereocenters. The van der Waals surface area contributed by atoms with Crippen LogP contribution in [0.2, 0.25) is 0 Å². The average molecular weight is 398 g/mol. The number of carbonyl (C=O) groups excluding carboxylic acids is 3. The monoisotopic (exact) mass is 398 g/mol. The van der Waals surface area contributed by atoms with Crippen LogP contribution in [0.15, 0.2) is 78.9 Å². The van der Waals surface area contributed by atoms with Gasteiger partial charge in [0.25, 0.3) is 5.91 Å². The molecule has 3 aromatic carbocycles. The third-order valence-corrected chi connectivity index (χ3v) is 4.35. The number of amides is 1. The second-order valence-corrected chi connectivity index (χ2v) is 6.51. The molecule has 0 aliphatic carbocycles. The molecular weight excluding hydrogens is 380 g/mol. The highest BCUT2D eigenvalue weighted by molar-refractivity contribution is 6.00. The molecule has 0 bridgehead atoms. The van der Waals surface area contributed by atoms with E-state index in [1.54, 1.807) is 54.6 Å². The molecule has 0 saturated heterocycles. The summed E-state index contributed by atoms with van der Waals surface area (Å²) in [6, 6.07) is 23.1. The molecule has 0 aromatic heterocycles. The standard InChI is InChI=1S/C24H18N2O4/c1-16(27)20-8-5-9-21(14-20)26-23(28)22(18-6-3-2-4-7-18)30-24(29)19-12-10-17(15-25)11-13-19/h2-14,22H,1H3,(H,26,28). The van der Waals surface area contributed by atoms with Crippen molar-refractivity contribution in [1.82, 2.24) is 0 Å². The summed E-state index contributed by atoms with van der Waals surface area (Å²) in [7, 11) is 0. The maximum atomic E-state index is 12.9. The lowest BCUT2D eigenvalue weighted by atomic mass is 10.1. The molecule has 0 fully saturated rings. The highest BCUT2D eigenvalue weighted by Gasteiger charge is 2.26. The van der Waals surface area contributed by atoms with Gasteiger partial charge in [0.05, 0.1) is 17.2 Å². The molecule has 0 saturated carbocycles. The van der Waals surface area contributed by atoms with E-state index in [2.05, 4.69) is 5.32 Å². The van der Waals surface area contributed by atoms with Crippen molar-refractivity contribution in [3.05, 3.63) is 101 Å². The van der Waals surface area contributed by atoms with Crippen LogP contribution >= 0.6 is 0 Å². The van der Waals surface area contributed by atoms with Gasteiger partial charge >= 0.3 is 5.97 Å². The zero-order valence-corrected chi connectivity index (χ0v) is 16.2. The number of esters is 1. The number of nitrogens with one attached hydrogen (secondary N) is 1. The minimum Gasteiger partial charge on any atom is -0.444 e. The van der Waals surface area contributed by atoms with Gasteiger partial charge in [-0.15, -0.1) is 0 Å². The van der Waals surface area contributed by atoms with E-state index < -0.39 is 18.0 Å². The Balaban J connectivity index is 1.84. The van der Waals surface area contributed by atoms with Crippen molar-refractivity contribution in [3.63, 3.8) is 0 Å². The lowest BCUT2D eigenvalue weighted by Crippen LogP contribution is -2.26. The summed E-state index contributed by atoms with van der Waals surface area (Å²) in [6.07, 6.45) is -1.20. The number of nitriles is 1. The normalized spacial score (nSPS) is 11.1. The van der Waals surface area contributed by atoms with E-state index in [9.17, 15) is 14.4 Å². The molecule has 0 spiro atoms. The highest BCUT2D eigenvalue weighted by Crippen LogP contribution is 2.22. The number of benzene rings is 3. The van der Waals surface area contributed by atoms with Crippen LogP contribution in [-0.2, 0) is 9.53 Å². The summed E-state index contributed by atoms with van der Waals surface area (Å²) < 4.78 is 5.51. The van der Waals surface area contributed by atoms with E-state index in [4.69, 9.17) is 10.00 Å². The van der Waals surface area contributed by atoms with Crippen LogP contribution < -0.4 is 5.32 Å². The summed E-state index contributed by atoms with van der Waals surface area (Å²) in [4.78, 5) is 37.1. The number of ether oxygens (including phenoxy) is 1. The largest absolute Gasteiger partial charge is 0.444 e. The Labute approximate surface area is 173 Å². The number of anilines is 1. The second-order valence-electron chi connectivity index (χ2n) is 6.51. The van der Waals surface area contributed by atoms with E-state index in [1.807, 2.05) is 6.07 Å². The Morgan fingerprint density at radius 3 is 2.23 bits per heavy atom. The Bertz CT molecular complexity index is 1120. The first-order chi connectivity index (χ1) is 14.5. The summed E-state index contributed by atoms with van der Waals surface area (Å²) >= 11 is 0. The van der Waals surface area contributed by atoms with Gasteiger partial charge in [0.15, 0.2) is 5.78 Å². The second kappa shape index (κ2) is 9.30. The molecule has 0 aliphatic heterocycles. The van der Waals surface area contributed by atoms with E-state index in [0.717, 1.165) is 0 Å². The molecule has 0 heterocycles. The zero-order valence-electron chi connectivity index (χ0n) is 16.2. The number of rotatable bonds is 6. The smallest absolute Gasteiger partial charge is 0.339 e. The van der Waals surface area contributed by atoms with Crippen LogP contribution in [0.5, 0.6) is 0 Å². The summed E-state index contributed by atoms with van der Waals surface area (Å²) in [6.45, 7) is 1.44. The third kappa shape index (κ3) is 4.97. The molecule has 6 nitrogen and oxygen atoms in total. The van der Waals surface area contributed by atoms with Gasteiger partial charge < -0.3 is 10.1 Å². The first kappa shape index (κ1) is 20.5. The highest BCUT2D eigenvalue weighted by atomic mass is 16.5. The molecule has 0 radical (unpaired) electrons. The van der Waals surface area contributed by atoms with Gasteiger partial charge in [-0.05, 0) is 43.3 Å². The number of hydrogen-bond donors (Lipinski definition) is 1. The van der Waals surface area contributed by atoms with Gasteiger partial charge in [0.1, 0.15) is 0 Å². The predicted octanol–water partition coefficient (Wildman–Crippen LogP) is 4.30. The molecular formula is C24H18N2O4. The fraction of sp³-hybridized carbons (Fsp3) is 0.0833. The fourth-order valence-electron chi connectivity index (χ4n) is 2.78. The van der Waals surface area contributed by atoms with Crippen LogP contribution in [0, 0.1) is 11.3 Å². The first-order valence-corrected chi connectivity index (χ1v) is 9.16. The molecule has 1 atom stereocenters. The maximum absolute atomic E-state index is 12.9. The number of carbonyl (C=O) groups is 3. The van der Waals surface area contributed by atoms with E-state index in [1.165, 1.54) is 31.2 Å². The maximum Gasteiger partial charge on any atom is 0.339 e. The van der Waals surface area contributed by atoms with Crippen molar-refractivity contribution in [1.29, 1.82) is 5.26 Å². The van der Waals surface area contributed by atoms with E-state index >= 15 is 0 Å². The number of ketones is 1. The van der Waals surface area contributed by atoms with Gasteiger partial charge in [0.2, 0.25) is 6.10 Å². The first-order valence-electron chi connectivity index (χ1n) is 9.16. The molecule has 3 aromatic rings. The van der Waals surface area contributed by atoms with Crippen LogP contribution in [0.25, 0.3) is 0 Å². The van der Waals surface area contributed by atoms with Crippen molar-refractivity contribution in [2.75, 3.05) is 5.32 Å². The van der Waals surface area contributed by atoms with Crippen molar-refractivity contribution in [2.45, 2.75) is 13.0 Å². The zero-order chi connectivity index (χ0) is 21.5. The Hall–Kier alpha value is -4.24. The number of hydrogen-bond acceptors (Lipinski definition) is 5. The molecule has 3 rings (SSSR count). The van der Waals surface area contributed by atoms with Crippen LogP contribution in [0.4, 0.5) is 5.69 Å². The van der Waals surface area contributed by atoms with Gasteiger partial charge in [0, 0.05) is 16.8 Å². The number of Topliss-reactive ketones (excluding diaryl/α,β-unsaturated/α-hetero) is 1. The Kier molecular flexibility index (Phi) is 6.36. The predicted molar refractivity (Wildman–Crippen MR) is 111 cm³/mol. The average Bonchev–Trinajstić information content (AvgIpc) is 2.78. The van der Waals surface area contributed by atoms with Crippen LogP contribution in [0.3, 0.4) is 0 Å². The van der Waals surface area contributed by atoms with Crippen molar-refractivity contribution in [2.24, 2.45) is 0 Å². The van der Waals surface area contributed by atoms with Gasteiger partial charge in [-0.1, -0.05) is 42.5 Å². The van der Waals surface area contributed by atoms with Gasteiger partial charge in [-0.25, -0.2) is 4.79 Å². The molecule has 1 N–H and O–H groups in total. The SMILES string of the molecule is CC(=O)c1cccc(NC(=O)C(OC(=O)c2ccc(C#N)cc2)c2ccccc2)c1. The molecule has 6 heteroatoms. The van der Waals surface area contributed by atoms with Crippen molar-refractivity contribution < 1.29 is 19.1 Å². The van der Waals surface area contributed by atoms with Gasteiger partial charge in [-0.3, -0.25) is 9.59 Å². The van der Waals surface area contributed by atoms with E-state index in [0.29, 0.717) is 22.4 Å². The summed E-state index contributed by atoms with van der Waals surface area (Å²) in [5.74, 6) is -1.37. The number of nitrogens with zero attached hydrogens (tertiary/aromatic N) is 1. The van der Waals surface area contributed by atoms with Crippen molar-refractivity contribution in [3.8, 4) is 6.07 Å². The molecule has 1 amide bonds. The minimum absolute atomic E-state index is 0.127. The Morgan fingerprint density at radius 2 is 1.60 bits per heavy atom. The summed E-state index contributed by atoms with van der Waals surface area (Å²) in [5, 5.41) is 11.6. The quantitative estimate of drug-likeness (QED) is 0.493. The molecule has 148 valence electrons. The van der Waals surface area contributed by atoms with Crippen molar-refractivity contribution >= 4 is 23.3 Å². The van der Waals surface area contributed by atoms with E-state index in [-0.39, 0.29) is 11.3 Å². The fourth-order valence-corrected chi connectivity index (χ4v) is 2.78. The Morgan fingerprint density at radius 1 is 0.900 bits per heavy atom. The van der Waals surface area contributed by atoms with Crippen LogP contribution in [-0.4, -0.2) is 17.7 Å². The van der Waals surface area contributed by atoms with Gasteiger partial charge in [-0.2, -0.15) is 5.26 Å². The lowest BCUT2D eigenvalue weighted by molar-refractivity contribution is -0.125.